The van der Waals surface area contributed by atoms with E-state index in [-0.39, 0.29) is 42.1 Å². The SMILES string of the molecule is CC1Cc2ccccc2N1C(=O)C1CCCCC1C(=O)N1C2CCNCC1CC2.Cl. The average Bonchev–Trinajstić information content (AvgIpc) is 3.20. The fourth-order valence-electron chi connectivity index (χ4n) is 6.34. The molecule has 0 radical (unpaired) electrons. The van der Waals surface area contributed by atoms with Gasteiger partial charge in [0.25, 0.3) is 0 Å². The van der Waals surface area contributed by atoms with Gasteiger partial charge in [0, 0.05) is 36.3 Å². The summed E-state index contributed by atoms with van der Waals surface area (Å²) >= 11 is 0. The zero-order valence-corrected chi connectivity index (χ0v) is 18.7. The first kappa shape index (κ1) is 21.6. The third kappa shape index (κ3) is 3.64. The Labute approximate surface area is 186 Å². The molecule has 4 aliphatic rings. The lowest BCUT2D eigenvalue weighted by Crippen LogP contribution is -2.51. The van der Waals surface area contributed by atoms with E-state index in [1.54, 1.807) is 0 Å². The van der Waals surface area contributed by atoms with Gasteiger partial charge in [-0.1, -0.05) is 31.0 Å². The van der Waals surface area contributed by atoms with Crippen molar-refractivity contribution in [1.29, 1.82) is 0 Å². The number of benzene rings is 1. The number of carbonyl (C=O) groups is 2. The van der Waals surface area contributed by atoms with Crippen LogP contribution < -0.4 is 10.2 Å². The maximum atomic E-state index is 13.8. The lowest BCUT2D eigenvalue weighted by Gasteiger charge is -2.38. The van der Waals surface area contributed by atoms with Crippen LogP contribution in [0.2, 0.25) is 0 Å². The van der Waals surface area contributed by atoms with Gasteiger partial charge in [-0.2, -0.15) is 0 Å². The second-order valence-electron chi connectivity index (χ2n) is 9.51. The van der Waals surface area contributed by atoms with E-state index in [1.807, 2.05) is 11.0 Å². The van der Waals surface area contributed by atoms with Crippen molar-refractivity contribution in [2.45, 2.75) is 76.4 Å². The first-order chi connectivity index (χ1) is 14.1. The summed E-state index contributed by atoms with van der Waals surface area (Å²) in [5.74, 6) is 0.137. The maximum Gasteiger partial charge on any atom is 0.231 e. The normalized spacial score (nSPS) is 32.9. The molecule has 0 aromatic heterocycles. The lowest BCUT2D eigenvalue weighted by atomic mass is 9.77. The summed E-state index contributed by atoms with van der Waals surface area (Å²) in [5, 5.41) is 3.49. The van der Waals surface area contributed by atoms with E-state index in [1.165, 1.54) is 5.56 Å². The average molecular weight is 432 g/mol. The number of fused-ring (bicyclic) bond motifs is 3. The number of halogens is 1. The fraction of sp³-hybridized carbons (Fsp3) is 0.667. The second kappa shape index (κ2) is 8.88. The molecule has 30 heavy (non-hydrogen) atoms. The van der Waals surface area contributed by atoms with Crippen molar-refractivity contribution in [3.63, 3.8) is 0 Å². The van der Waals surface area contributed by atoms with Crippen LogP contribution in [0.25, 0.3) is 0 Å². The van der Waals surface area contributed by atoms with E-state index in [0.29, 0.717) is 12.1 Å². The Kier molecular flexibility index (Phi) is 6.40. The molecule has 5 rings (SSSR count). The molecular weight excluding hydrogens is 398 g/mol. The minimum absolute atomic E-state index is 0. The van der Waals surface area contributed by atoms with E-state index in [0.717, 1.165) is 70.1 Å². The third-order valence-corrected chi connectivity index (χ3v) is 7.75. The van der Waals surface area contributed by atoms with Crippen molar-refractivity contribution in [1.82, 2.24) is 10.2 Å². The molecule has 6 heteroatoms. The third-order valence-electron chi connectivity index (χ3n) is 7.75. The predicted octanol–water partition coefficient (Wildman–Crippen LogP) is 3.55. The monoisotopic (exact) mass is 431 g/mol. The summed E-state index contributed by atoms with van der Waals surface area (Å²) in [7, 11) is 0. The molecule has 5 unspecified atom stereocenters. The van der Waals surface area contributed by atoms with Crippen LogP contribution in [0, 0.1) is 11.8 Å². The summed E-state index contributed by atoms with van der Waals surface area (Å²) < 4.78 is 0. The Morgan fingerprint density at radius 2 is 1.63 bits per heavy atom. The minimum atomic E-state index is -0.166. The van der Waals surface area contributed by atoms with Crippen LogP contribution in [0.5, 0.6) is 0 Å². The van der Waals surface area contributed by atoms with Gasteiger partial charge in [0.1, 0.15) is 0 Å². The van der Waals surface area contributed by atoms with Crippen LogP contribution in [-0.2, 0) is 16.0 Å². The van der Waals surface area contributed by atoms with Crippen molar-refractivity contribution >= 4 is 29.9 Å². The lowest BCUT2D eigenvalue weighted by molar-refractivity contribution is -0.145. The van der Waals surface area contributed by atoms with Crippen molar-refractivity contribution in [3.05, 3.63) is 29.8 Å². The maximum absolute atomic E-state index is 13.8. The largest absolute Gasteiger partial charge is 0.335 e. The number of rotatable bonds is 2. The summed E-state index contributed by atoms with van der Waals surface area (Å²) in [6.07, 6.45) is 8.02. The molecule has 1 saturated carbocycles. The predicted molar refractivity (Wildman–Crippen MR) is 121 cm³/mol. The number of para-hydroxylation sites is 1. The smallest absolute Gasteiger partial charge is 0.231 e. The molecule has 1 aromatic carbocycles. The Morgan fingerprint density at radius 3 is 2.43 bits per heavy atom. The van der Waals surface area contributed by atoms with Crippen molar-refractivity contribution in [2.75, 3.05) is 18.0 Å². The van der Waals surface area contributed by atoms with Gasteiger partial charge in [-0.3, -0.25) is 9.59 Å². The van der Waals surface area contributed by atoms with Crippen LogP contribution in [0.3, 0.4) is 0 Å². The fourth-order valence-corrected chi connectivity index (χ4v) is 6.34. The number of hydrogen-bond donors (Lipinski definition) is 1. The Bertz CT molecular complexity index is 786. The summed E-state index contributed by atoms with van der Waals surface area (Å²) in [6, 6.07) is 9.13. The highest BCUT2D eigenvalue weighted by Crippen LogP contribution is 2.40. The molecule has 1 aliphatic carbocycles. The van der Waals surface area contributed by atoms with Crippen LogP contribution in [-0.4, -0.2) is 47.9 Å². The molecule has 3 aliphatic heterocycles. The molecule has 5 nitrogen and oxygen atoms in total. The highest BCUT2D eigenvalue weighted by Gasteiger charge is 2.46. The topological polar surface area (TPSA) is 52.7 Å². The van der Waals surface area contributed by atoms with Crippen LogP contribution in [0.15, 0.2) is 24.3 Å². The first-order valence-electron chi connectivity index (χ1n) is 11.6. The van der Waals surface area contributed by atoms with Crippen LogP contribution in [0.4, 0.5) is 5.69 Å². The quantitative estimate of drug-likeness (QED) is 0.779. The van der Waals surface area contributed by atoms with E-state index in [4.69, 9.17) is 0 Å². The number of nitrogens with one attached hydrogen (secondary N) is 1. The molecule has 3 fully saturated rings. The molecule has 3 heterocycles. The van der Waals surface area contributed by atoms with Gasteiger partial charge in [0.05, 0.1) is 5.92 Å². The van der Waals surface area contributed by atoms with Gasteiger partial charge in [-0.05, 0) is 63.6 Å². The van der Waals surface area contributed by atoms with Crippen molar-refractivity contribution in [2.24, 2.45) is 11.8 Å². The number of carbonyl (C=O) groups excluding carboxylic acids is 2. The van der Waals surface area contributed by atoms with Gasteiger partial charge < -0.3 is 15.1 Å². The van der Waals surface area contributed by atoms with E-state index in [2.05, 4.69) is 35.3 Å². The summed E-state index contributed by atoms with van der Waals surface area (Å²) in [5.41, 5.74) is 2.31. The number of nitrogens with zero attached hydrogens (tertiary/aromatic N) is 2. The number of hydrogen-bond acceptors (Lipinski definition) is 3. The van der Waals surface area contributed by atoms with Gasteiger partial charge >= 0.3 is 0 Å². The number of amides is 2. The molecular formula is C24H34ClN3O2. The van der Waals surface area contributed by atoms with Gasteiger partial charge in [0.2, 0.25) is 11.8 Å². The van der Waals surface area contributed by atoms with Gasteiger partial charge in [-0.25, -0.2) is 0 Å². The molecule has 164 valence electrons. The van der Waals surface area contributed by atoms with Crippen molar-refractivity contribution in [3.8, 4) is 0 Å². The standard InChI is InChI=1S/C24H33N3O2.ClH/c1-16-14-17-6-2-5-9-22(17)26(16)23(28)20-7-3-4-8-21(20)24(29)27-18-10-11-19(27)15-25-13-12-18;/h2,5-6,9,16,18-21,25H,3-4,7-8,10-15H2,1H3;1H. The van der Waals surface area contributed by atoms with Crippen LogP contribution >= 0.6 is 12.4 Å². The van der Waals surface area contributed by atoms with Gasteiger partial charge in [-0.15, -0.1) is 12.4 Å². The highest BCUT2D eigenvalue weighted by molar-refractivity contribution is 6.00. The molecule has 1 aromatic rings. The first-order valence-corrected chi connectivity index (χ1v) is 11.6. The summed E-state index contributed by atoms with van der Waals surface area (Å²) in [4.78, 5) is 31.7. The van der Waals surface area contributed by atoms with E-state index >= 15 is 0 Å². The van der Waals surface area contributed by atoms with E-state index < -0.39 is 0 Å². The molecule has 2 bridgehead atoms. The van der Waals surface area contributed by atoms with E-state index in [9.17, 15) is 9.59 Å². The number of anilines is 1. The second-order valence-corrected chi connectivity index (χ2v) is 9.51. The van der Waals surface area contributed by atoms with Crippen molar-refractivity contribution < 1.29 is 9.59 Å². The Hall–Kier alpha value is -1.59. The Balaban J connectivity index is 0.00000218. The van der Waals surface area contributed by atoms with Gasteiger partial charge in [0.15, 0.2) is 0 Å². The Morgan fingerprint density at radius 1 is 0.933 bits per heavy atom. The molecule has 0 spiro atoms. The molecule has 5 atom stereocenters. The zero-order valence-electron chi connectivity index (χ0n) is 17.9. The molecule has 2 amide bonds. The minimum Gasteiger partial charge on any atom is -0.335 e. The molecule has 2 saturated heterocycles. The zero-order chi connectivity index (χ0) is 20.0. The molecule has 1 N–H and O–H groups in total. The van der Waals surface area contributed by atoms with Crippen LogP contribution in [0.1, 0.15) is 57.4 Å². The highest BCUT2D eigenvalue weighted by atomic mass is 35.5. The summed E-state index contributed by atoms with van der Waals surface area (Å²) in [6.45, 7) is 4.04.